The molecule has 30 heavy (non-hydrogen) atoms. The molecule has 1 aliphatic carbocycles. The first-order valence-electron chi connectivity index (χ1n) is 11.6. The molecule has 2 aliphatic heterocycles. The van der Waals surface area contributed by atoms with Crippen molar-refractivity contribution in [1.29, 1.82) is 0 Å². The Morgan fingerprint density at radius 1 is 0.900 bits per heavy atom. The number of benzene rings is 2. The molecular formula is C27H32N2O. The summed E-state index contributed by atoms with van der Waals surface area (Å²) in [6.07, 6.45) is 7.92. The van der Waals surface area contributed by atoms with Gasteiger partial charge in [-0.2, -0.15) is 0 Å². The molecule has 3 aliphatic rings. The Hall–Kier alpha value is -2.39. The van der Waals surface area contributed by atoms with Gasteiger partial charge in [0, 0.05) is 25.6 Å². The zero-order chi connectivity index (χ0) is 20.3. The minimum absolute atomic E-state index is 0.271. The van der Waals surface area contributed by atoms with Crippen LogP contribution in [0.2, 0.25) is 0 Å². The van der Waals surface area contributed by atoms with E-state index in [2.05, 4.69) is 40.1 Å². The Bertz CT molecular complexity index is 896. The maximum absolute atomic E-state index is 12.8. The highest BCUT2D eigenvalue weighted by molar-refractivity contribution is 5.80. The van der Waals surface area contributed by atoms with Gasteiger partial charge in [0.15, 0.2) is 0 Å². The van der Waals surface area contributed by atoms with Crippen LogP contribution in [-0.2, 0) is 17.6 Å². The van der Waals surface area contributed by atoms with Crippen LogP contribution in [0.5, 0.6) is 0 Å². The summed E-state index contributed by atoms with van der Waals surface area (Å²) < 4.78 is 0. The molecule has 3 nitrogen and oxygen atoms in total. The standard InChI is InChI=1S/C27H32N2O/c30-27(18-22-6-2-1-3-7-22)29-19-24-12-13-25(26(24)20-29)23-10-8-21(9-11-23)14-17-28-15-4-5-16-28/h1-3,6-11,13,24,26H,4-5,12,14-20H2/t24-,26+/m0/s1. The fourth-order valence-electron chi connectivity index (χ4n) is 5.47. The van der Waals surface area contributed by atoms with Crippen molar-refractivity contribution in [2.45, 2.75) is 32.1 Å². The number of carbonyl (C=O) groups is 1. The van der Waals surface area contributed by atoms with Crippen molar-refractivity contribution in [3.63, 3.8) is 0 Å². The van der Waals surface area contributed by atoms with Crippen LogP contribution < -0.4 is 0 Å². The molecule has 2 aromatic rings. The molecule has 3 heteroatoms. The number of likely N-dealkylation sites (tertiary alicyclic amines) is 2. The van der Waals surface area contributed by atoms with Crippen LogP contribution in [0.15, 0.2) is 60.7 Å². The molecule has 2 heterocycles. The Labute approximate surface area is 180 Å². The van der Waals surface area contributed by atoms with Gasteiger partial charge in [0.2, 0.25) is 5.91 Å². The number of fused-ring (bicyclic) bond motifs is 1. The van der Waals surface area contributed by atoms with Gasteiger partial charge >= 0.3 is 0 Å². The first kappa shape index (κ1) is 19.6. The maximum Gasteiger partial charge on any atom is 0.227 e. The molecule has 0 radical (unpaired) electrons. The summed E-state index contributed by atoms with van der Waals surface area (Å²) in [6.45, 7) is 5.51. The number of amides is 1. The zero-order valence-electron chi connectivity index (χ0n) is 17.8. The predicted octanol–water partition coefficient (Wildman–Crippen LogP) is 4.43. The molecule has 0 unspecified atom stereocenters. The third-order valence-electron chi connectivity index (χ3n) is 7.23. The second-order valence-corrected chi connectivity index (χ2v) is 9.22. The summed E-state index contributed by atoms with van der Waals surface area (Å²) in [5.74, 6) is 1.36. The van der Waals surface area contributed by atoms with E-state index in [9.17, 15) is 4.79 Å². The Morgan fingerprint density at radius 2 is 1.67 bits per heavy atom. The van der Waals surface area contributed by atoms with E-state index >= 15 is 0 Å². The Kier molecular flexibility index (Phi) is 5.72. The van der Waals surface area contributed by atoms with E-state index in [0.717, 1.165) is 31.5 Å². The molecule has 1 amide bonds. The van der Waals surface area contributed by atoms with Crippen LogP contribution in [0.4, 0.5) is 0 Å². The Balaban J connectivity index is 1.19. The lowest BCUT2D eigenvalue weighted by Gasteiger charge is -2.18. The fraction of sp³-hybridized carbons (Fsp3) is 0.444. The van der Waals surface area contributed by atoms with E-state index < -0.39 is 0 Å². The molecule has 0 spiro atoms. The number of hydrogen-bond acceptors (Lipinski definition) is 2. The summed E-state index contributed by atoms with van der Waals surface area (Å²) in [5, 5.41) is 0. The molecule has 2 aromatic carbocycles. The summed E-state index contributed by atoms with van der Waals surface area (Å²) >= 11 is 0. The lowest BCUT2D eigenvalue weighted by Crippen LogP contribution is -2.30. The van der Waals surface area contributed by atoms with E-state index in [4.69, 9.17) is 0 Å². The molecule has 2 saturated heterocycles. The normalized spacial score (nSPS) is 23.6. The van der Waals surface area contributed by atoms with Crippen molar-refractivity contribution in [1.82, 2.24) is 9.80 Å². The van der Waals surface area contributed by atoms with Crippen molar-refractivity contribution < 1.29 is 4.79 Å². The predicted molar refractivity (Wildman–Crippen MR) is 122 cm³/mol. The molecule has 5 rings (SSSR count). The van der Waals surface area contributed by atoms with Crippen LogP contribution in [-0.4, -0.2) is 48.4 Å². The third-order valence-corrected chi connectivity index (χ3v) is 7.23. The highest BCUT2D eigenvalue weighted by Gasteiger charge is 2.40. The van der Waals surface area contributed by atoms with Gasteiger partial charge < -0.3 is 9.80 Å². The summed E-state index contributed by atoms with van der Waals surface area (Å²) in [6, 6.07) is 19.4. The van der Waals surface area contributed by atoms with Crippen molar-refractivity contribution in [3.05, 3.63) is 77.4 Å². The number of carbonyl (C=O) groups excluding carboxylic acids is 1. The van der Waals surface area contributed by atoms with E-state index in [-0.39, 0.29) is 5.91 Å². The van der Waals surface area contributed by atoms with Gasteiger partial charge in [0.25, 0.3) is 0 Å². The lowest BCUT2D eigenvalue weighted by molar-refractivity contribution is -0.129. The quantitative estimate of drug-likeness (QED) is 0.716. The average Bonchev–Trinajstić information content (AvgIpc) is 3.51. The summed E-state index contributed by atoms with van der Waals surface area (Å²) in [7, 11) is 0. The number of hydrogen-bond donors (Lipinski definition) is 0. The van der Waals surface area contributed by atoms with Gasteiger partial charge in [-0.3, -0.25) is 4.79 Å². The minimum Gasteiger partial charge on any atom is -0.341 e. The smallest absolute Gasteiger partial charge is 0.227 e. The maximum atomic E-state index is 12.8. The molecule has 2 atom stereocenters. The summed E-state index contributed by atoms with van der Waals surface area (Å²) in [5.41, 5.74) is 5.36. The first-order chi connectivity index (χ1) is 14.8. The van der Waals surface area contributed by atoms with Crippen LogP contribution in [0, 0.1) is 11.8 Å². The molecule has 156 valence electrons. The summed E-state index contributed by atoms with van der Waals surface area (Å²) in [4.78, 5) is 17.5. The molecule has 0 aromatic heterocycles. The zero-order valence-corrected chi connectivity index (χ0v) is 17.8. The van der Waals surface area contributed by atoms with Gasteiger partial charge in [-0.25, -0.2) is 0 Å². The van der Waals surface area contributed by atoms with Gasteiger partial charge in [0.05, 0.1) is 6.42 Å². The topological polar surface area (TPSA) is 23.6 Å². The van der Waals surface area contributed by atoms with Crippen molar-refractivity contribution in [2.75, 3.05) is 32.7 Å². The molecular weight excluding hydrogens is 368 g/mol. The second kappa shape index (κ2) is 8.77. The highest BCUT2D eigenvalue weighted by atomic mass is 16.2. The monoisotopic (exact) mass is 400 g/mol. The first-order valence-corrected chi connectivity index (χ1v) is 11.6. The molecule has 0 bridgehead atoms. The van der Waals surface area contributed by atoms with Gasteiger partial charge in [-0.05, 0) is 67.0 Å². The van der Waals surface area contributed by atoms with Crippen molar-refractivity contribution >= 4 is 11.5 Å². The van der Waals surface area contributed by atoms with E-state index in [0.29, 0.717) is 18.3 Å². The largest absolute Gasteiger partial charge is 0.341 e. The van der Waals surface area contributed by atoms with Gasteiger partial charge in [-0.15, -0.1) is 0 Å². The van der Waals surface area contributed by atoms with E-state index in [1.807, 2.05) is 30.3 Å². The average molecular weight is 401 g/mol. The third kappa shape index (κ3) is 4.22. The fourth-order valence-corrected chi connectivity index (χ4v) is 5.47. The SMILES string of the molecule is O=C(Cc1ccccc1)N1C[C@@H]2CC=C(c3ccc(CCN4CCCC4)cc3)[C@@H]2C1. The Morgan fingerprint density at radius 3 is 2.43 bits per heavy atom. The van der Waals surface area contributed by atoms with Crippen LogP contribution in [0.3, 0.4) is 0 Å². The second-order valence-electron chi connectivity index (χ2n) is 9.22. The van der Waals surface area contributed by atoms with Crippen LogP contribution in [0.25, 0.3) is 5.57 Å². The van der Waals surface area contributed by atoms with Gasteiger partial charge in [0.1, 0.15) is 0 Å². The lowest BCUT2D eigenvalue weighted by atomic mass is 9.90. The van der Waals surface area contributed by atoms with Crippen LogP contribution in [0.1, 0.15) is 36.0 Å². The number of rotatable bonds is 6. The van der Waals surface area contributed by atoms with Crippen molar-refractivity contribution in [3.8, 4) is 0 Å². The highest BCUT2D eigenvalue weighted by Crippen LogP contribution is 2.43. The van der Waals surface area contributed by atoms with E-state index in [1.54, 1.807) is 0 Å². The van der Waals surface area contributed by atoms with Crippen molar-refractivity contribution in [2.24, 2.45) is 11.8 Å². The number of nitrogens with zero attached hydrogens (tertiary/aromatic N) is 2. The molecule has 2 fully saturated rings. The minimum atomic E-state index is 0.271. The van der Waals surface area contributed by atoms with E-state index in [1.165, 1.54) is 49.2 Å². The molecule has 0 saturated carbocycles. The van der Waals surface area contributed by atoms with Crippen LogP contribution >= 0.6 is 0 Å². The van der Waals surface area contributed by atoms with Gasteiger partial charge in [-0.1, -0.05) is 60.7 Å². The molecule has 0 N–H and O–H groups in total. The number of allylic oxidation sites excluding steroid dienone is 1.